The molecule has 2 saturated heterocycles. The number of amides is 3. The zero-order chi connectivity index (χ0) is 32.0. The molecule has 4 aliphatic rings. The highest BCUT2D eigenvalue weighted by atomic mass is 16.6. The zero-order valence-electron chi connectivity index (χ0n) is 26.2. The average molecular weight is 627 g/mol. The molecule has 45 heavy (non-hydrogen) atoms. The first-order valence-electron chi connectivity index (χ1n) is 16.1. The summed E-state index contributed by atoms with van der Waals surface area (Å²) in [5.74, 6) is -1.28. The Labute approximate surface area is 264 Å². The first kappa shape index (κ1) is 33.1. The largest absolute Gasteiger partial charge is 0.490 e. The van der Waals surface area contributed by atoms with E-state index >= 15 is 0 Å². The maximum atomic E-state index is 13.9. The molecule has 0 aromatic heterocycles. The van der Waals surface area contributed by atoms with E-state index in [4.69, 9.17) is 14.2 Å². The van der Waals surface area contributed by atoms with E-state index in [0.717, 1.165) is 44.1 Å². The second-order valence-electron chi connectivity index (χ2n) is 12.8. The molecule has 2 heterocycles. The Morgan fingerprint density at radius 2 is 1.80 bits per heavy atom. The Morgan fingerprint density at radius 1 is 1.04 bits per heavy atom. The average Bonchev–Trinajstić information content (AvgIpc) is 3.95. The van der Waals surface area contributed by atoms with Gasteiger partial charge in [-0.15, -0.1) is 0 Å². The number of nitrogens with one attached hydrogen (secondary N) is 3. The van der Waals surface area contributed by atoms with Gasteiger partial charge < -0.3 is 35.3 Å². The van der Waals surface area contributed by atoms with Gasteiger partial charge in [-0.1, -0.05) is 23.8 Å². The first-order chi connectivity index (χ1) is 21.6. The lowest BCUT2D eigenvalue weighted by Crippen LogP contribution is -2.58. The highest BCUT2D eigenvalue weighted by Crippen LogP contribution is 2.32. The normalized spacial score (nSPS) is 24.3. The quantitative estimate of drug-likeness (QED) is 0.166. The van der Waals surface area contributed by atoms with Gasteiger partial charge in [0.05, 0.1) is 31.9 Å². The minimum absolute atomic E-state index is 0.114. The Kier molecular flexibility index (Phi) is 10.9. The molecular weight excluding hydrogens is 580 g/mol. The number of allylic oxidation sites excluding steroid dienone is 1. The van der Waals surface area contributed by atoms with Crippen LogP contribution < -0.4 is 20.7 Å². The van der Waals surface area contributed by atoms with Crippen molar-refractivity contribution in [1.29, 1.82) is 0 Å². The predicted molar refractivity (Wildman–Crippen MR) is 164 cm³/mol. The number of carbonyl (C=O) groups excluding carboxylic acids is 4. The molecule has 12 nitrogen and oxygen atoms in total. The number of rotatable bonds is 15. The van der Waals surface area contributed by atoms with Crippen molar-refractivity contribution in [2.45, 2.75) is 94.7 Å². The molecule has 3 amide bonds. The van der Waals surface area contributed by atoms with E-state index in [1.165, 1.54) is 6.92 Å². The number of aliphatic hydroxyl groups is 1. The summed E-state index contributed by atoms with van der Waals surface area (Å²) in [5, 5.41) is 19.6. The molecule has 0 bridgehead atoms. The van der Waals surface area contributed by atoms with Crippen LogP contribution >= 0.6 is 0 Å². The summed E-state index contributed by atoms with van der Waals surface area (Å²) in [6.45, 7) is 6.13. The zero-order valence-corrected chi connectivity index (χ0v) is 26.2. The first-order valence-corrected chi connectivity index (χ1v) is 16.1. The number of epoxide rings is 1. The molecule has 1 aromatic rings. The van der Waals surface area contributed by atoms with Gasteiger partial charge in [0, 0.05) is 19.7 Å². The van der Waals surface area contributed by atoms with Crippen LogP contribution in [0, 0.1) is 0 Å². The smallest absolute Gasteiger partial charge is 0.246 e. The second kappa shape index (κ2) is 14.8. The van der Waals surface area contributed by atoms with E-state index in [1.807, 2.05) is 4.90 Å². The van der Waals surface area contributed by atoms with Crippen molar-refractivity contribution in [3.05, 3.63) is 41.5 Å². The van der Waals surface area contributed by atoms with Gasteiger partial charge >= 0.3 is 0 Å². The van der Waals surface area contributed by atoms with Gasteiger partial charge in [-0.2, -0.15) is 0 Å². The molecule has 2 aliphatic carbocycles. The Hall–Kier alpha value is -3.32. The van der Waals surface area contributed by atoms with E-state index < -0.39 is 41.6 Å². The number of aliphatic hydroxyl groups excluding tert-OH is 1. The van der Waals surface area contributed by atoms with E-state index in [-0.39, 0.29) is 30.9 Å². The third-order valence-corrected chi connectivity index (χ3v) is 8.73. The van der Waals surface area contributed by atoms with Crippen molar-refractivity contribution in [2.75, 3.05) is 39.5 Å². The predicted octanol–water partition coefficient (Wildman–Crippen LogP) is 1.32. The topological polar surface area (TPSA) is 159 Å². The molecule has 2 aliphatic heterocycles. The van der Waals surface area contributed by atoms with Gasteiger partial charge in [0.15, 0.2) is 5.78 Å². The van der Waals surface area contributed by atoms with Crippen LogP contribution in [-0.2, 0) is 28.7 Å². The molecule has 0 spiro atoms. The number of carbonyl (C=O) groups is 4. The van der Waals surface area contributed by atoms with Crippen LogP contribution in [0.3, 0.4) is 0 Å². The molecule has 1 saturated carbocycles. The maximum Gasteiger partial charge on any atom is 0.246 e. The fourth-order valence-electron chi connectivity index (χ4n) is 5.67. The lowest BCUT2D eigenvalue weighted by molar-refractivity contribution is -0.136. The minimum atomic E-state index is -1.45. The van der Waals surface area contributed by atoms with Crippen molar-refractivity contribution in [3.63, 3.8) is 0 Å². The number of hydrogen-bond donors (Lipinski definition) is 4. The van der Waals surface area contributed by atoms with Crippen LogP contribution in [0.5, 0.6) is 5.75 Å². The highest BCUT2D eigenvalue weighted by molar-refractivity contribution is 5.98. The molecule has 0 radical (unpaired) electrons. The lowest BCUT2D eigenvalue weighted by atomic mass is 9.93. The van der Waals surface area contributed by atoms with Crippen LogP contribution in [0.2, 0.25) is 0 Å². The fourth-order valence-corrected chi connectivity index (χ4v) is 5.67. The van der Waals surface area contributed by atoms with E-state index in [0.29, 0.717) is 44.0 Å². The molecule has 3 fully saturated rings. The monoisotopic (exact) mass is 626 g/mol. The Bertz CT molecular complexity index is 1250. The van der Waals surface area contributed by atoms with Crippen molar-refractivity contribution < 1.29 is 38.5 Å². The molecule has 5 rings (SSSR count). The summed E-state index contributed by atoms with van der Waals surface area (Å²) >= 11 is 0. The van der Waals surface area contributed by atoms with Crippen LogP contribution in [0.4, 0.5) is 0 Å². The summed E-state index contributed by atoms with van der Waals surface area (Å²) in [6.07, 6.45) is 6.75. The second-order valence-corrected chi connectivity index (χ2v) is 12.8. The lowest BCUT2D eigenvalue weighted by Gasteiger charge is -2.28. The molecule has 4 N–H and O–H groups in total. The number of Topliss-reactive ketones (excluding diaryl/α,β-unsaturated/α-hetero) is 1. The van der Waals surface area contributed by atoms with Gasteiger partial charge in [-0.3, -0.25) is 24.1 Å². The van der Waals surface area contributed by atoms with Crippen molar-refractivity contribution in [3.8, 4) is 5.75 Å². The SMILES string of the molecule is C[C@H](NC(=O)CN1CCCOCC1)C(=O)N[C@H](C(=O)N[C@@H](CC1=CCCC1)C(=O)[C@@]1(C)CO1)[C@H](O)c1ccc(OC2CC2)cc1. The number of ether oxygens (including phenoxy) is 3. The summed E-state index contributed by atoms with van der Waals surface area (Å²) in [5.41, 5.74) is 0.500. The third-order valence-electron chi connectivity index (χ3n) is 8.73. The summed E-state index contributed by atoms with van der Waals surface area (Å²) in [4.78, 5) is 55.3. The Morgan fingerprint density at radius 3 is 2.47 bits per heavy atom. The molecule has 1 aromatic carbocycles. The van der Waals surface area contributed by atoms with Gasteiger partial charge in [-0.25, -0.2) is 0 Å². The van der Waals surface area contributed by atoms with Gasteiger partial charge in [-0.05, 0) is 76.5 Å². The molecular formula is C33H46N4O8. The summed E-state index contributed by atoms with van der Waals surface area (Å²) in [7, 11) is 0. The van der Waals surface area contributed by atoms with Crippen LogP contribution in [0.15, 0.2) is 35.9 Å². The molecule has 5 atom stereocenters. The standard InChI is InChI=1S/C33H46N4O8/c1-21(34-27(38)19-37-14-5-16-43-17-15-37)31(41)36-28(29(39)23-8-10-24(11-9-23)45-25-12-13-25)32(42)35-26(18-22-6-3-4-7-22)30(40)33(2)20-44-33/h6,8-11,21,25-26,28-29,39H,3-5,7,12-20H2,1-2H3,(H,34,38)(H,35,42)(H,36,41)/t21-,26-,28-,29+,33+/m0/s1. The Balaban J connectivity index is 1.29. The van der Waals surface area contributed by atoms with Crippen molar-refractivity contribution in [1.82, 2.24) is 20.9 Å². The van der Waals surface area contributed by atoms with Crippen LogP contribution in [0.1, 0.15) is 70.5 Å². The van der Waals surface area contributed by atoms with Crippen molar-refractivity contribution in [2.24, 2.45) is 0 Å². The summed E-state index contributed by atoms with van der Waals surface area (Å²) in [6, 6.07) is 3.41. The highest BCUT2D eigenvalue weighted by Gasteiger charge is 2.50. The van der Waals surface area contributed by atoms with E-state index in [1.54, 1.807) is 31.2 Å². The molecule has 246 valence electrons. The fraction of sp³-hybridized carbons (Fsp3) is 0.636. The van der Waals surface area contributed by atoms with Crippen LogP contribution in [0.25, 0.3) is 0 Å². The number of benzene rings is 1. The van der Waals surface area contributed by atoms with Gasteiger partial charge in [0.25, 0.3) is 0 Å². The van der Waals surface area contributed by atoms with Gasteiger partial charge in [0.1, 0.15) is 29.5 Å². The molecule has 0 unspecified atom stereocenters. The number of hydrogen-bond acceptors (Lipinski definition) is 9. The number of ketones is 1. The third kappa shape index (κ3) is 9.35. The van der Waals surface area contributed by atoms with Crippen LogP contribution in [-0.4, -0.2) is 103 Å². The maximum absolute atomic E-state index is 13.9. The van der Waals surface area contributed by atoms with E-state index in [2.05, 4.69) is 22.0 Å². The van der Waals surface area contributed by atoms with Crippen molar-refractivity contribution >= 4 is 23.5 Å². The summed E-state index contributed by atoms with van der Waals surface area (Å²) < 4.78 is 16.6. The van der Waals surface area contributed by atoms with Gasteiger partial charge in [0.2, 0.25) is 17.7 Å². The van der Waals surface area contributed by atoms with E-state index in [9.17, 15) is 24.3 Å². The number of nitrogens with zero attached hydrogens (tertiary/aromatic N) is 1. The molecule has 12 heteroatoms. The minimum Gasteiger partial charge on any atom is -0.490 e.